The number of halogens is 3. The van der Waals surface area contributed by atoms with Gasteiger partial charge in [0.15, 0.2) is 0 Å². The molecule has 0 radical (unpaired) electrons. The van der Waals surface area contributed by atoms with E-state index in [1.165, 1.54) is 24.3 Å². The Hall–Kier alpha value is -4.94. The summed E-state index contributed by atoms with van der Waals surface area (Å²) in [6.07, 6.45) is -3.02. The molecular formula is C33H29F3N6O3. The van der Waals surface area contributed by atoms with Crippen molar-refractivity contribution >= 4 is 28.7 Å². The van der Waals surface area contributed by atoms with Gasteiger partial charge < -0.3 is 20.1 Å². The van der Waals surface area contributed by atoms with Crippen molar-refractivity contribution < 1.29 is 27.4 Å². The number of amides is 1. The van der Waals surface area contributed by atoms with Crippen LogP contribution in [0.2, 0.25) is 0 Å². The van der Waals surface area contributed by atoms with E-state index in [0.29, 0.717) is 33.4 Å². The molecule has 0 aliphatic carbocycles. The average molecular weight is 615 g/mol. The highest BCUT2D eigenvalue weighted by molar-refractivity contribution is 6.04. The summed E-state index contributed by atoms with van der Waals surface area (Å²) >= 11 is 0. The number of hydrogen-bond donors (Lipinski definition) is 2. The van der Waals surface area contributed by atoms with Crippen LogP contribution in [0.25, 0.3) is 16.8 Å². The number of ether oxygens (including phenoxy) is 2. The standard InChI is InChI=1S/C33H29F3N6O3/c1-21-4-5-22(16-41-17-32(18-41)19-44-20-32)15-27(21)38-30(43)24-6-10-25(11-7-24)37-31-39-29(28-3-2-14-42(28)40-31)23-8-12-26(13-9-23)45-33(34,35)36/h2-15H,16-20H2,1H3,(H,37,40)(H,38,43). The Morgan fingerprint density at radius 3 is 2.47 bits per heavy atom. The van der Waals surface area contributed by atoms with Gasteiger partial charge in [0.25, 0.3) is 5.91 Å². The van der Waals surface area contributed by atoms with E-state index in [-0.39, 0.29) is 17.6 Å². The molecule has 0 unspecified atom stereocenters. The van der Waals surface area contributed by atoms with E-state index in [9.17, 15) is 18.0 Å². The first-order chi connectivity index (χ1) is 21.6. The predicted octanol–water partition coefficient (Wildman–Crippen LogP) is 6.43. The molecular weight excluding hydrogens is 585 g/mol. The number of likely N-dealkylation sites (tertiary alicyclic amines) is 1. The molecule has 2 saturated heterocycles. The molecule has 12 heteroatoms. The molecule has 7 rings (SSSR count). The van der Waals surface area contributed by atoms with Gasteiger partial charge >= 0.3 is 6.36 Å². The highest BCUT2D eigenvalue weighted by Crippen LogP contribution is 2.38. The van der Waals surface area contributed by atoms with E-state index in [2.05, 4.69) is 36.4 Å². The number of nitrogens with zero attached hydrogens (tertiary/aromatic N) is 4. The zero-order valence-electron chi connectivity index (χ0n) is 24.3. The molecule has 2 N–H and O–H groups in total. The van der Waals surface area contributed by atoms with Crippen LogP contribution >= 0.6 is 0 Å². The summed E-state index contributed by atoms with van der Waals surface area (Å²) in [6, 6.07) is 22.2. The molecule has 9 nitrogen and oxygen atoms in total. The molecule has 230 valence electrons. The lowest BCUT2D eigenvalue weighted by atomic mass is 9.78. The second kappa shape index (κ2) is 11.2. The number of anilines is 3. The van der Waals surface area contributed by atoms with Gasteiger partial charge in [0.1, 0.15) is 11.4 Å². The van der Waals surface area contributed by atoms with Crippen LogP contribution in [0.1, 0.15) is 21.5 Å². The van der Waals surface area contributed by atoms with Gasteiger partial charge in [-0.05, 0) is 84.8 Å². The number of aryl methyl sites for hydroxylation is 1. The summed E-state index contributed by atoms with van der Waals surface area (Å²) in [7, 11) is 0. The van der Waals surface area contributed by atoms with E-state index in [4.69, 9.17) is 4.74 Å². The SMILES string of the molecule is Cc1ccc(CN2CC3(COC3)C2)cc1NC(=O)c1ccc(Nc2nc(-c3ccc(OC(F)(F)F)cc3)c3cccn3n2)cc1. The van der Waals surface area contributed by atoms with Crippen molar-refractivity contribution in [3.8, 4) is 17.0 Å². The fraction of sp³-hybridized carbons (Fsp3) is 0.242. The van der Waals surface area contributed by atoms with Crippen molar-refractivity contribution in [3.63, 3.8) is 0 Å². The third kappa shape index (κ3) is 6.19. The molecule has 0 saturated carbocycles. The minimum absolute atomic E-state index is 0.221. The topological polar surface area (TPSA) is 93.0 Å². The molecule has 2 aliphatic heterocycles. The Bertz CT molecular complexity index is 1860. The minimum atomic E-state index is -4.77. The first-order valence-electron chi connectivity index (χ1n) is 14.4. The van der Waals surface area contributed by atoms with Crippen LogP contribution in [0.5, 0.6) is 5.75 Å². The molecule has 0 bridgehead atoms. The highest BCUT2D eigenvalue weighted by Gasteiger charge is 2.48. The fourth-order valence-corrected chi connectivity index (χ4v) is 5.79. The van der Waals surface area contributed by atoms with Crippen molar-refractivity contribution in [1.29, 1.82) is 0 Å². The zero-order chi connectivity index (χ0) is 31.2. The number of benzene rings is 3. The number of hydrogen-bond acceptors (Lipinski definition) is 7. The Labute approximate surface area is 256 Å². The maximum atomic E-state index is 13.1. The second-order valence-electron chi connectivity index (χ2n) is 11.6. The van der Waals surface area contributed by atoms with Gasteiger partial charge in [-0.2, -0.15) is 0 Å². The van der Waals surface area contributed by atoms with Crippen LogP contribution in [0.3, 0.4) is 0 Å². The highest BCUT2D eigenvalue weighted by atomic mass is 19.4. The summed E-state index contributed by atoms with van der Waals surface area (Å²) in [6.45, 7) is 6.60. The Morgan fingerprint density at radius 1 is 1.02 bits per heavy atom. The summed E-state index contributed by atoms with van der Waals surface area (Å²) in [5, 5.41) is 10.7. The van der Waals surface area contributed by atoms with Crippen LogP contribution in [0.4, 0.5) is 30.5 Å². The number of nitrogens with one attached hydrogen (secondary N) is 2. The Morgan fingerprint density at radius 2 is 1.78 bits per heavy atom. The lowest BCUT2D eigenvalue weighted by Crippen LogP contribution is -2.65. The zero-order valence-corrected chi connectivity index (χ0v) is 24.3. The predicted molar refractivity (Wildman–Crippen MR) is 162 cm³/mol. The number of carbonyl (C=O) groups excluding carboxylic acids is 1. The first-order valence-corrected chi connectivity index (χ1v) is 14.4. The van der Waals surface area contributed by atoms with Crippen molar-refractivity contribution in [2.24, 2.45) is 5.41 Å². The summed E-state index contributed by atoms with van der Waals surface area (Å²) in [5.41, 5.74) is 6.20. The normalized spacial score (nSPS) is 15.8. The van der Waals surface area contributed by atoms with E-state index in [0.717, 1.165) is 49.7 Å². The molecule has 2 aromatic heterocycles. The fourth-order valence-electron chi connectivity index (χ4n) is 5.79. The maximum absolute atomic E-state index is 13.1. The third-order valence-corrected chi connectivity index (χ3v) is 8.05. The van der Waals surface area contributed by atoms with E-state index < -0.39 is 6.36 Å². The van der Waals surface area contributed by atoms with Crippen LogP contribution in [0.15, 0.2) is 85.1 Å². The third-order valence-electron chi connectivity index (χ3n) is 8.05. The van der Waals surface area contributed by atoms with E-state index in [1.807, 2.05) is 25.1 Å². The number of aromatic nitrogens is 3. The maximum Gasteiger partial charge on any atom is 0.573 e. The monoisotopic (exact) mass is 614 g/mol. The number of carbonyl (C=O) groups is 1. The summed E-state index contributed by atoms with van der Waals surface area (Å²) in [5.74, 6) is -0.269. The molecule has 3 aromatic carbocycles. The van der Waals surface area contributed by atoms with Gasteiger partial charge in [0.2, 0.25) is 5.95 Å². The lowest BCUT2D eigenvalue weighted by molar-refractivity contribution is -0.274. The molecule has 4 heterocycles. The molecule has 2 fully saturated rings. The average Bonchev–Trinajstić information content (AvgIpc) is 3.44. The molecule has 5 aromatic rings. The van der Waals surface area contributed by atoms with Crippen molar-refractivity contribution in [3.05, 3.63) is 102 Å². The Balaban J connectivity index is 1.03. The van der Waals surface area contributed by atoms with Crippen LogP contribution in [-0.4, -0.2) is 58.1 Å². The van der Waals surface area contributed by atoms with Gasteiger partial charge in [-0.25, -0.2) is 9.50 Å². The quantitative estimate of drug-likeness (QED) is 0.208. The van der Waals surface area contributed by atoms with Gasteiger partial charge in [-0.15, -0.1) is 18.3 Å². The molecule has 0 atom stereocenters. The largest absolute Gasteiger partial charge is 0.573 e. The summed E-state index contributed by atoms with van der Waals surface area (Å²) < 4.78 is 48.8. The van der Waals surface area contributed by atoms with Crippen LogP contribution in [-0.2, 0) is 11.3 Å². The minimum Gasteiger partial charge on any atom is -0.406 e. The van der Waals surface area contributed by atoms with E-state index in [1.54, 1.807) is 41.0 Å². The van der Waals surface area contributed by atoms with Gasteiger partial charge in [0.05, 0.1) is 18.7 Å². The van der Waals surface area contributed by atoms with Crippen LogP contribution < -0.4 is 15.4 Å². The molecule has 1 amide bonds. The molecule has 2 aliphatic rings. The lowest BCUT2D eigenvalue weighted by Gasteiger charge is -2.55. The van der Waals surface area contributed by atoms with Crippen molar-refractivity contribution in [2.45, 2.75) is 19.8 Å². The van der Waals surface area contributed by atoms with Gasteiger partial charge in [-0.3, -0.25) is 9.69 Å². The van der Waals surface area contributed by atoms with Gasteiger partial charge in [0, 0.05) is 53.7 Å². The summed E-state index contributed by atoms with van der Waals surface area (Å²) in [4.78, 5) is 20.2. The van der Waals surface area contributed by atoms with Crippen molar-refractivity contribution in [2.75, 3.05) is 36.9 Å². The first kappa shape index (κ1) is 28.8. The number of fused-ring (bicyclic) bond motifs is 1. The van der Waals surface area contributed by atoms with Crippen LogP contribution in [0, 0.1) is 12.3 Å². The van der Waals surface area contributed by atoms with Crippen molar-refractivity contribution in [1.82, 2.24) is 19.5 Å². The second-order valence-corrected chi connectivity index (χ2v) is 11.6. The Kier molecular flexibility index (Phi) is 7.17. The smallest absolute Gasteiger partial charge is 0.406 e. The van der Waals surface area contributed by atoms with E-state index >= 15 is 0 Å². The van der Waals surface area contributed by atoms with Gasteiger partial charge in [-0.1, -0.05) is 12.1 Å². The number of rotatable bonds is 8. The molecule has 45 heavy (non-hydrogen) atoms. The number of alkyl halides is 3. The molecule has 1 spiro atoms.